The molecule has 0 fully saturated rings. The summed E-state index contributed by atoms with van der Waals surface area (Å²) in [6.45, 7) is 2.54. The number of halogens is 1. The van der Waals surface area contributed by atoms with Crippen LogP contribution in [-0.2, 0) is 4.79 Å². The second kappa shape index (κ2) is 8.89. The average molecular weight is 343 g/mol. The predicted octanol–water partition coefficient (Wildman–Crippen LogP) is 4.13. The first-order valence-electron chi connectivity index (χ1n) is 7.72. The molecule has 2 N–H and O–H groups in total. The average Bonchev–Trinajstić information content (AvgIpc) is 2.59. The number of rotatable bonds is 6. The molecule has 0 heterocycles. The first-order chi connectivity index (χ1) is 11.6. The topological polar surface area (TPSA) is 58.2 Å². The van der Waals surface area contributed by atoms with Crippen molar-refractivity contribution in [1.29, 1.82) is 0 Å². The van der Waals surface area contributed by atoms with Gasteiger partial charge in [0.1, 0.15) is 0 Å². The molecule has 0 aliphatic rings. The van der Waals surface area contributed by atoms with Crippen LogP contribution >= 0.6 is 11.6 Å². The fourth-order valence-electron chi connectivity index (χ4n) is 2.06. The summed E-state index contributed by atoms with van der Waals surface area (Å²) in [6.07, 6.45) is 3.96. The van der Waals surface area contributed by atoms with Crippen LogP contribution in [0.4, 0.5) is 5.69 Å². The van der Waals surface area contributed by atoms with Gasteiger partial charge in [-0.3, -0.25) is 9.59 Å². The van der Waals surface area contributed by atoms with Crippen LogP contribution in [0.5, 0.6) is 0 Å². The standard InChI is InChI=1S/C19H19ClN2O2/c1-2-12-21-19(24)16-10-9-15(20)13-17(16)22-18(23)11-8-14-6-4-3-5-7-14/h3-11,13H,2,12H2,1H3,(H,21,24)(H,22,23)/b11-8+. The summed E-state index contributed by atoms with van der Waals surface area (Å²) < 4.78 is 0. The van der Waals surface area contributed by atoms with Crippen molar-refractivity contribution in [2.45, 2.75) is 13.3 Å². The molecule has 0 aromatic heterocycles. The van der Waals surface area contributed by atoms with Crippen molar-refractivity contribution < 1.29 is 9.59 Å². The minimum atomic E-state index is -0.328. The Kier molecular flexibility index (Phi) is 6.58. The summed E-state index contributed by atoms with van der Waals surface area (Å²) in [6, 6.07) is 14.3. The largest absolute Gasteiger partial charge is 0.352 e. The van der Waals surface area contributed by atoms with Crippen LogP contribution in [0.25, 0.3) is 6.08 Å². The van der Waals surface area contributed by atoms with Gasteiger partial charge in [0.25, 0.3) is 5.91 Å². The number of hydrogen-bond donors (Lipinski definition) is 2. The van der Waals surface area contributed by atoms with Crippen LogP contribution in [0.15, 0.2) is 54.6 Å². The van der Waals surface area contributed by atoms with Gasteiger partial charge in [-0.15, -0.1) is 0 Å². The second-order valence-corrected chi connectivity index (χ2v) is 5.62. The normalized spacial score (nSPS) is 10.6. The van der Waals surface area contributed by atoms with Crippen molar-refractivity contribution in [3.63, 3.8) is 0 Å². The van der Waals surface area contributed by atoms with E-state index in [1.807, 2.05) is 37.3 Å². The molecule has 2 aromatic carbocycles. The molecule has 2 aromatic rings. The molecule has 2 rings (SSSR count). The number of amides is 2. The lowest BCUT2D eigenvalue weighted by Gasteiger charge is -2.10. The summed E-state index contributed by atoms with van der Waals surface area (Å²) in [4.78, 5) is 24.3. The van der Waals surface area contributed by atoms with Crippen molar-refractivity contribution in [2.24, 2.45) is 0 Å². The Hall–Kier alpha value is -2.59. The van der Waals surface area contributed by atoms with Crippen LogP contribution in [0.2, 0.25) is 5.02 Å². The van der Waals surface area contributed by atoms with Crippen LogP contribution in [0.3, 0.4) is 0 Å². The second-order valence-electron chi connectivity index (χ2n) is 5.18. The van der Waals surface area contributed by atoms with Gasteiger partial charge in [0.05, 0.1) is 11.3 Å². The first kappa shape index (κ1) is 17.8. The summed E-state index contributed by atoms with van der Waals surface area (Å²) in [5.74, 6) is -0.568. The van der Waals surface area contributed by atoms with Gasteiger partial charge >= 0.3 is 0 Å². The smallest absolute Gasteiger partial charge is 0.253 e. The fraction of sp³-hybridized carbons (Fsp3) is 0.158. The molecule has 0 atom stereocenters. The van der Waals surface area contributed by atoms with E-state index in [4.69, 9.17) is 11.6 Å². The number of nitrogens with one attached hydrogen (secondary N) is 2. The van der Waals surface area contributed by atoms with Gasteiger partial charge in [0.15, 0.2) is 0 Å². The number of hydrogen-bond acceptors (Lipinski definition) is 2. The molecule has 2 amide bonds. The molecule has 4 nitrogen and oxygen atoms in total. The van der Waals surface area contributed by atoms with E-state index in [0.717, 1.165) is 12.0 Å². The SMILES string of the molecule is CCCNC(=O)c1ccc(Cl)cc1NC(=O)/C=C/c1ccccc1. The van der Waals surface area contributed by atoms with E-state index in [1.165, 1.54) is 6.08 Å². The number of anilines is 1. The molecule has 0 saturated carbocycles. The van der Waals surface area contributed by atoms with E-state index in [2.05, 4.69) is 10.6 Å². The van der Waals surface area contributed by atoms with Crippen molar-refractivity contribution >= 4 is 35.2 Å². The highest BCUT2D eigenvalue weighted by atomic mass is 35.5. The van der Waals surface area contributed by atoms with E-state index in [0.29, 0.717) is 22.8 Å². The van der Waals surface area contributed by atoms with E-state index in [-0.39, 0.29) is 11.8 Å². The molecule has 24 heavy (non-hydrogen) atoms. The molecule has 0 spiro atoms. The van der Waals surface area contributed by atoms with Gasteiger partial charge in [0.2, 0.25) is 5.91 Å². The highest BCUT2D eigenvalue weighted by Gasteiger charge is 2.12. The predicted molar refractivity (Wildman–Crippen MR) is 98.2 cm³/mol. The molecular formula is C19H19ClN2O2. The molecule has 0 unspecified atom stereocenters. The highest BCUT2D eigenvalue weighted by molar-refractivity contribution is 6.31. The zero-order valence-electron chi connectivity index (χ0n) is 13.4. The van der Waals surface area contributed by atoms with Gasteiger partial charge < -0.3 is 10.6 Å². The van der Waals surface area contributed by atoms with Crippen LogP contribution < -0.4 is 10.6 Å². The van der Waals surface area contributed by atoms with Crippen molar-refractivity contribution in [2.75, 3.05) is 11.9 Å². The minimum absolute atomic E-state index is 0.240. The van der Waals surface area contributed by atoms with Gasteiger partial charge in [-0.25, -0.2) is 0 Å². The lowest BCUT2D eigenvalue weighted by Crippen LogP contribution is -2.25. The number of benzene rings is 2. The van der Waals surface area contributed by atoms with Gasteiger partial charge in [-0.05, 0) is 36.3 Å². The van der Waals surface area contributed by atoms with Crippen LogP contribution in [0, 0.1) is 0 Å². The Morgan fingerprint density at radius 2 is 1.88 bits per heavy atom. The van der Waals surface area contributed by atoms with Crippen molar-refractivity contribution in [3.05, 3.63) is 70.8 Å². The van der Waals surface area contributed by atoms with Gasteiger partial charge in [0, 0.05) is 17.6 Å². The maximum atomic E-state index is 12.2. The Labute approximate surface area is 146 Å². The van der Waals surface area contributed by atoms with Crippen molar-refractivity contribution in [3.8, 4) is 0 Å². The Balaban J connectivity index is 2.13. The minimum Gasteiger partial charge on any atom is -0.352 e. The third-order valence-electron chi connectivity index (χ3n) is 3.25. The van der Waals surface area contributed by atoms with Crippen LogP contribution in [-0.4, -0.2) is 18.4 Å². The molecular weight excluding hydrogens is 324 g/mol. The molecule has 5 heteroatoms. The molecule has 0 saturated heterocycles. The van der Waals surface area contributed by atoms with E-state index < -0.39 is 0 Å². The third kappa shape index (κ3) is 5.25. The fourth-order valence-corrected chi connectivity index (χ4v) is 2.23. The molecule has 0 aliphatic heterocycles. The van der Waals surface area contributed by atoms with Crippen molar-refractivity contribution in [1.82, 2.24) is 5.32 Å². The first-order valence-corrected chi connectivity index (χ1v) is 8.10. The van der Waals surface area contributed by atoms with E-state index >= 15 is 0 Å². The molecule has 0 bridgehead atoms. The maximum absolute atomic E-state index is 12.2. The monoisotopic (exact) mass is 342 g/mol. The zero-order valence-corrected chi connectivity index (χ0v) is 14.1. The summed E-state index contributed by atoms with van der Waals surface area (Å²) >= 11 is 5.98. The van der Waals surface area contributed by atoms with Crippen LogP contribution in [0.1, 0.15) is 29.3 Å². The Morgan fingerprint density at radius 1 is 1.12 bits per heavy atom. The lowest BCUT2D eigenvalue weighted by molar-refractivity contribution is -0.111. The van der Waals surface area contributed by atoms with Gasteiger partial charge in [-0.2, -0.15) is 0 Å². The molecule has 124 valence electrons. The number of carbonyl (C=O) groups excluding carboxylic acids is 2. The maximum Gasteiger partial charge on any atom is 0.253 e. The van der Waals surface area contributed by atoms with Gasteiger partial charge in [-0.1, -0.05) is 48.9 Å². The Morgan fingerprint density at radius 3 is 2.58 bits per heavy atom. The van der Waals surface area contributed by atoms with E-state index in [1.54, 1.807) is 24.3 Å². The summed E-state index contributed by atoms with van der Waals surface area (Å²) in [7, 11) is 0. The summed E-state index contributed by atoms with van der Waals surface area (Å²) in [5, 5.41) is 5.94. The van der Waals surface area contributed by atoms with E-state index in [9.17, 15) is 9.59 Å². The zero-order chi connectivity index (χ0) is 17.4. The molecule has 0 aliphatic carbocycles. The Bertz CT molecular complexity index is 742. The lowest BCUT2D eigenvalue weighted by atomic mass is 10.1. The third-order valence-corrected chi connectivity index (χ3v) is 3.48. The molecule has 0 radical (unpaired) electrons. The highest BCUT2D eigenvalue weighted by Crippen LogP contribution is 2.21. The quantitative estimate of drug-likeness (QED) is 0.775. The summed E-state index contributed by atoms with van der Waals surface area (Å²) in [5.41, 5.74) is 1.69. The number of carbonyl (C=O) groups is 2.